The molecule has 3 N–H and O–H groups in total. The molecular formula is C15H15N9. The van der Waals surface area contributed by atoms with Crippen LogP contribution in [0.4, 0.5) is 11.8 Å². The summed E-state index contributed by atoms with van der Waals surface area (Å²) in [5.41, 5.74) is 8.34. The van der Waals surface area contributed by atoms with E-state index >= 15 is 0 Å². The Labute approximate surface area is 137 Å². The number of aryl methyl sites for hydroxylation is 1. The molecule has 4 aromatic heterocycles. The number of nitrogens with two attached hydrogens (primary N) is 1. The summed E-state index contributed by atoms with van der Waals surface area (Å²) in [6.07, 6.45) is 8.90. The normalized spacial score (nSPS) is 11.0. The Kier molecular flexibility index (Phi) is 3.30. The van der Waals surface area contributed by atoms with Gasteiger partial charge in [0.1, 0.15) is 5.82 Å². The van der Waals surface area contributed by atoms with Crippen molar-refractivity contribution in [2.24, 2.45) is 7.05 Å². The van der Waals surface area contributed by atoms with E-state index < -0.39 is 0 Å². The molecule has 0 amide bonds. The van der Waals surface area contributed by atoms with Crippen molar-refractivity contribution >= 4 is 17.5 Å². The first-order valence-electron chi connectivity index (χ1n) is 7.34. The molecule has 120 valence electrons. The zero-order chi connectivity index (χ0) is 16.5. The minimum absolute atomic E-state index is 0.495. The van der Waals surface area contributed by atoms with Gasteiger partial charge in [-0.3, -0.25) is 9.08 Å². The smallest absolute Gasteiger partial charge is 0.233 e. The van der Waals surface area contributed by atoms with Crippen LogP contribution in [-0.4, -0.2) is 34.1 Å². The van der Waals surface area contributed by atoms with Crippen molar-refractivity contribution in [1.82, 2.24) is 34.1 Å². The summed E-state index contributed by atoms with van der Waals surface area (Å²) < 4.78 is 3.47. The lowest BCUT2D eigenvalue weighted by atomic mass is 10.2. The molecule has 0 unspecified atom stereocenters. The van der Waals surface area contributed by atoms with Crippen LogP contribution in [0.5, 0.6) is 0 Å². The second-order valence-corrected chi connectivity index (χ2v) is 5.25. The van der Waals surface area contributed by atoms with Crippen molar-refractivity contribution in [3.63, 3.8) is 0 Å². The van der Waals surface area contributed by atoms with Crippen LogP contribution in [0.3, 0.4) is 0 Å². The average molecular weight is 321 g/mol. The van der Waals surface area contributed by atoms with Crippen LogP contribution in [0.1, 0.15) is 5.69 Å². The molecule has 0 atom stereocenters. The third-order valence-electron chi connectivity index (χ3n) is 3.63. The Morgan fingerprint density at radius 1 is 1.21 bits per heavy atom. The Hall–Kier alpha value is -3.49. The number of nitrogens with one attached hydrogen (secondary N) is 1. The van der Waals surface area contributed by atoms with E-state index in [4.69, 9.17) is 5.73 Å². The lowest BCUT2D eigenvalue weighted by molar-refractivity contribution is 0.779. The molecule has 0 bridgehead atoms. The summed E-state index contributed by atoms with van der Waals surface area (Å²) in [6, 6.07) is 3.66. The van der Waals surface area contributed by atoms with E-state index in [2.05, 4.69) is 30.4 Å². The largest absolute Gasteiger partial charge is 0.383 e. The second-order valence-electron chi connectivity index (χ2n) is 5.25. The number of nitrogen functional groups attached to an aromatic ring is 1. The molecule has 0 aliphatic carbocycles. The molecular weight excluding hydrogens is 306 g/mol. The molecule has 9 nitrogen and oxygen atoms in total. The molecule has 4 rings (SSSR count). The maximum atomic E-state index is 5.99. The topological polar surface area (TPSA) is 112 Å². The van der Waals surface area contributed by atoms with Gasteiger partial charge in [0.25, 0.3) is 0 Å². The highest BCUT2D eigenvalue weighted by Crippen LogP contribution is 2.23. The summed E-state index contributed by atoms with van der Waals surface area (Å²) in [7, 11) is 1.79. The quantitative estimate of drug-likeness (QED) is 0.579. The molecule has 0 radical (unpaired) electrons. The summed E-state index contributed by atoms with van der Waals surface area (Å²) >= 11 is 0. The molecule has 0 saturated heterocycles. The van der Waals surface area contributed by atoms with Crippen LogP contribution in [-0.2, 0) is 13.6 Å². The van der Waals surface area contributed by atoms with E-state index in [-0.39, 0.29) is 0 Å². The monoisotopic (exact) mass is 321 g/mol. The van der Waals surface area contributed by atoms with Crippen molar-refractivity contribution in [3.8, 4) is 11.3 Å². The Balaban J connectivity index is 1.54. The van der Waals surface area contributed by atoms with Gasteiger partial charge in [0.05, 0.1) is 29.7 Å². The molecule has 24 heavy (non-hydrogen) atoms. The number of hydrogen-bond acceptors (Lipinski definition) is 7. The SMILES string of the molecule is Cn1ncc(-c2ccnc(NCc3cn4cccnc4n3)n2)c1N. The third kappa shape index (κ3) is 2.51. The van der Waals surface area contributed by atoms with Gasteiger partial charge in [-0.1, -0.05) is 0 Å². The van der Waals surface area contributed by atoms with Gasteiger partial charge in [-0.15, -0.1) is 0 Å². The van der Waals surface area contributed by atoms with E-state index in [0.29, 0.717) is 24.1 Å². The van der Waals surface area contributed by atoms with Crippen molar-refractivity contribution < 1.29 is 0 Å². The van der Waals surface area contributed by atoms with Crippen LogP contribution in [0.25, 0.3) is 17.0 Å². The first kappa shape index (κ1) is 14.1. The van der Waals surface area contributed by atoms with Crippen LogP contribution < -0.4 is 11.1 Å². The number of hydrogen-bond donors (Lipinski definition) is 2. The first-order chi connectivity index (χ1) is 11.7. The van der Waals surface area contributed by atoms with E-state index in [9.17, 15) is 0 Å². The Bertz CT molecular complexity index is 968. The predicted molar refractivity (Wildman–Crippen MR) is 89.0 cm³/mol. The molecule has 4 heterocycles. The summed E-state index contributed by atoms with van der Waals surface area (Å²) in [4.78, 5) is 17.3. The molecule has 0 aliphatic rings. The fourth-order valence-electron chi connectivity index (χ4n) is 2.37. The van der Waals surface area contributed by atoms with Gasteiger partial charge in [0.2, 0.25) is 11.7 Å². The minimum atomic E-state index is 0.495. The summed E-state index contributed by atoms with van der Waals surface area (Å²) in [6.45, 7) is 0.495. The van der Waals surface area contributed by atoms with Crippen molar-refractivity contribution in [2.45, 2.75) is 6.54 Å². The number of fused-ring (bicyclic) bond motifs is 1. The summed E-state index contributed by atoms with van der Waals surface area (Å²) in [5, 5.41) is 7.30. The van der Waals surface area contributed by atoms with Crippen LogP contribution >= 0.6 is 0 Å². The van der Waals surface area contributed by atoms with Gasteiger partial charge in [0.15, 0.2) is 0 Å². The van der Waals surface area contributed by atoms with E-state index in [1.54, 1.807) is 36.4 Å². The standard InChI is InChI=1S/C15H15N9/c1-23-13(16)11(8-20-23)12-3-5-17-14(22-12)19-7-10-9-24-6-2-4-18-15(24)21-10/h2-6,8-9H,7,16H2,1H3,(H,17,19,22). The average Bonchev–Trinajstić information content (AvgIpc) is 3.17. The zero-order valence-corrected chi connectivity index (χ0v) is 13.0. The van der Waals surface area contributed by atoms with Crippen molar-refractivity contribution in [1.29, 1.82) is 0 Å². The molecule has 0 aliphatic heterocycles. The van der Waals surface area contributed by atoms with Crippen molar-refractivity contribution in [3.05, 3.63) is 48.8 Å². The highest BCUT2D eigenvalue weighted by Gasteiger charge is 2.10. The summed E-state index contributed by atoms with van der Waals surface area (Å²) in [5.74, 6) is 1.72. The molecule has 0 spiro atoms. The molecule has 0 aromatic carbocycles. The number of nitrogens with zero attached hydrogens (tertiary/aromatic N) is 7. The lowest BCUT2D eigenvalue weighted by Crippen LogP contribution is -2.04. The van der Waals surface area contributed by atoms with Gasteiger partial charge >= 0.3 is 0 Å². The molecule has 0 fully saturated rings. The second kappa shape index (κ2) is 5.61. The number of rotatable bonds is 4. The molecule has 0 saturated carbocycles. The molecule has 9 heteroatoms. The lowest BCUT2D eigenvalue weighted by Gasteiger charge is -2.05. The maximum absolute atomic E-state index is 5.99. The van der Waals surface area contributed by atoms with E-state index in [1.165, 1.54) is 0 Å². The van der Waals surface area contributed by atoms with Gasteiger partial charge in [-0.2, -0.15) is 5.10 Å². The Morgan fingerprint density at radius 3 is 2.92 bits per heavy atom. The van der Waals surface area contributed by atoms with Gasteiger partial charge in [0, 0.05) is 31.8 Å². The van der Waals surface area contributed by atoms with Crippen molar-refractivity contribution in [2.75, 3.05) is 11.1 Å². The zero-order valence-electron chi connectivity index (χ0n) is 13.0. The van der Waals surface area contributed by atoms with Crippen LogP contribution in [0.15, 0.2) is 43.1 Å². The van der Waals surface area contributed by atoms with Crippen LogP contribution in [0, 0.1) is 0 Å². The number of aromatic nitrogens is 7. The number of imidazole rings is 1. The molecule has 4 aromatic rings. The van der Waals surface area contributed by atoms with E-state index in [0.717, 1.165) is 17.0 Å². The highest BCUT2D eigenvalue weighted by molar-refractivity contribution is 5.70. The van der Waals surface area contributed by atoms with Gasteiger partial charge < -0.3 is 11.1 Å². The Morgan fingerprint density at radius 2 is 2.12 bits per heavy atom. The number of anilines is 2. The highest BCUT2D eigenvalue weighted by atomic mass is 15.3. The maximum Gasteiger partial charge on any atom is 0.233 e. The van der Waals surface area contributed by atoms with E-state index in [1.807, 2.05) is 22.9 Å². The van der Waals surface area contributed by atoms with Gasteiger partial charge in [-0.05, 0) is 12.1 Å². The van der Waals surface area contributed by atoms with Gasteiger partial charge in [-0.25, -0.2) is 19.9 Å². The fourth-order valence-corrected chi connectivity index (χ4v) is 2.37. The fraction of sp³-hybridized carbons (Fsp3) is 0.133. The predicted octanol–water partition coefficient (Wildman–Crippen LogP) is 1.11. The third-order valence-corrected chi connectivity index (χ3v) is 3.63. The van der Waals surface area contributed by atoms with Crippen LogP contribution in [0.2, 0.25) is 0 Å². The minimum Gasteiger partial charge on any atom is -0.383 e. The first-order valence-corrected chi connectivity index (χ1v) is 7.34.